The lowest BCUT2D eigenvalue weighted by molar-refractivity contribution is 0.720. The van der Waals surface area contributed by atoms with Gasteiger partial charge in [-0.3, -0.25) is 0 Å². The van der Waals surface area contributed by atoms with Crippen molar-refractivity contribution in [1.29, 1.82) is 0 Å². The van der Waals surface area contributed by atoms with E-state index >= 15 is 0 Å². The van der Waals surface area contributed by atoms with Crippen molar-refractivity contribution in [3.05, 3.63) is 69.2 Å². The molecule has 1 unspecified atom stereocenters. The molecule has 0 radical (unpaired) electrons. The van der Waals surface area contributed by atoms with E-state index in [1.165, 1.54) is 16.7 Å². The second kappa shape index (κ2) is 5.77. The number of nitrogens with two attached hydrogens (primary N) is 1. The molecule has 0 heterocycles. The Kier molecular flexibility index (Phi) is 4.28. The normalized spacial score (nSPS) is 12.5. The minimum absolute atomic E-state index is 0.0113. The average Bonchev–Trinajstić information content (AvgIpc) is 2.31. The number of benzene rings is 2. The molecular formula is C17H20ClN. The van der Waals surface area contributed by atoms with Crippen LogP contribution in [0.25, 0.3) is 0 Å². The summed E-state index contributed by atoms with van der Waals surface area (Å²) in [6, 6.07) is 12.6. The van der Waals surface area contributed by atoms with Crippen LogP contribution >= 0.6 is 11.6 Å². The predicted octanol–water partition coefficient (Wildman–Crippen LogP) is 4.51. The maximum absolute atomic E-state index is 6.30. The van der Waals surface area contributed by atoms with Crippen LogP contribution in [0.5, 0.6) is 0 Å². The molecule has 0 saturated carbocycles. The second-order valence-electron chi connectivity index (χ2n) is 5.32. The van der Waals surface area contributed by atoms with Crippen LogP contribution in [0, 0.1) is 20.8 Å². The van der Waals surface area contributed by atoms with Gasteiger partial charge in [-0.25, -0.2) is 0 Å². The molecule has 0 saturated heterocycles. The number of hydrogen-bond donors (Lipinski definition) is 1. The van der Waals surface area contributed by atoms with E-state index in [2.05, 4.69) is 38.1 Å². The second-order valence-corrected chi connectivity index (χ2v) is 5.72. The minimum Gasteiger partial charge on any atom is -0.324 e. The van der Waals surface area contributed by atoms with Crippen LogP contribution in [-0.4, -0.2) is 0 Å². The topological polar surface area (TPSA) is 26.0 Å². The standard InChI is InChI=1S/C17H20ClN/c1-11-6-12(2)8-14(7-11)10-17(19)15-4-5-16(18)13(3)9-15/h4-9,17H,10,19H2,1-3H3. The SMILES string of the molecule is Cc1cc(C)cc(CC(N)c2ccc(Cl)c(C)c2)c1. The van der Waals surface area contributed by atoms with Crippen LogP contribution in [0.4, 0.5) is 0 Å². The fraction of sp³-hybridized carbons (Fsp3) is 0.294. The smallest absolute Gasteiger partial charge is 0.0435 e. The van der Waals surface area contributed by atoms with E-state index in [0.29, 0.717) is 0 Å². The number of aryl methyl sites for hydroxylation is 3. The number of hydrogen-bond acceptors (Lipinski definition) is 1. The molecule has 1 atom stereocenters. The van der Waals surface area contributed by atoms with Crippen molar-refractivity contribution >= 4 is 11.6 Å². The van der Waals surface area contributed by atoms with Crippen molar-refractivity contribution in [1.82, 2.24) is 0 Å². The van der Waals surface area contributed by atoms with Crippen molar-refractivity contribution in [2.75, 3.05) is 0 Å². The van der Waals surface area contributed by atoms with Crippen LogP contribution in [0.1, 0.15) is 33.9 Å². The molecule has 2 aromatic carbocycles. The molecule has 2 heteroatoms. The largest absolute Gasteiger partial charge is 0.324 e. The van der Waals surface area contributed by atoms with Gasteiger partial charge in [0.25, 0.3) is 0 Å². The van der Waals surface area contributed by atoms with Crippen molar-refractivity contribution in [3.8, 4) is 0 Å². The monoisotopic (exact) mass is 273 g/mol. The van der Waals surface area contributed by atoms with Gasteiger partial charge < -0.3 is 5.73 Å². The van der Waals surface area contributed by atoms with Crippen molar-refractivity contribution in [2.45, 2.75) is 33.2 Å². The molecular weight excluding hydrogens is 254 g/mol. The summed E-state index contributed by atoms with van der Waals surface area (Å²) in [5, 5.41) is 0.794. The van der Waals surface area contributed by atoms with E-state index < -0.39 is 0 Å². The molecule has 0 aliphatic carbocycles. The lowest BCUT2D eigenvalue weighted by Gasteiger charge is -2.14. The number of halogens is 1. The van der Waals surface area contributed by atoms with Gasteiger partial charge in [0.05, 0.1) is 0 Å². The maximum atomic E-state index is 6.30. The van der Waals surface area contributed by atoms with E-state index in [-0.39, 0.29) is 6.04 Å². The van der Waals surface area contributed by atoms with E-state index in [1.807, 2.05) is 19.1 Å². The molecule has 0 amide bonds. The van der Waals surface area contributed by atoms with Crippen molar-refractivity contribution < 1.29 is 0 Å². The first-order valence-electron chi connectivity index (χ1n) is 6.54. The molecule has 100 valence electrons. The summed E-state index contributed by atoms with van der Waals surface area (Å²) in [5.74, 6) is 0. The third-order valence-corrected chi connectivity index (χ3v) is 3.77. The minimum atomic E-state index is 0.0113. The third-order valence-electron chi connectivity index (χ3n) is 3.35. The zero-order valence-electron chi connectivity index (χ0n) is 11.7. The van der Waals surface area contributed by atoms with Gasteiger partial charge >= 0.3 is 0 Å². The Morgan fingerprint density at radius 3 is 2.21 bits per heavy atom. The average molecular weight is 274 g/mol. The highest BCUT2D eigenvalue weighted by atomic mass is 35.5. The van der Waals surface area contributed by atoms with Crippen LogP contribution in [0.15, 0.2) is 36.4 Å². The molecule has 0 aromatic heterocycles. The molecule has 2 N–H and O–H groups in total. The predicted molar refractivity (Wildman–Crippen MR) is 82.7 cm³/mol. The first kappa shape index (κ1) is 14.1. The Balaban J connectivity index is 2.20. The Hall–Kier alpha value is -1.31. The van der Waals surface area contributed by atoms with E-state index in [0.717, 1.165) is 22.6 Å². The molecule has 2 rings (SSSR count). The van der Waals surface area contributed by atoms with E-state index in [9.17, 15) is 0 Å². The first-order chi connectivity index (χ1) is 8.95. The highest BCUT2D eigenvalue weighted by Gasteiger charge is 2.09. The Morgan fingerprint density at radius 2 is 1.63 bits per heavy atom. The van der Waals surface area contributed by atoms with Gasteiger partial charge in [0.15, 0.2) is 0 Å². The lowest BCUT2D eigenvalue weighted by Crippen LogP contribution is -2.13. The van der Waals surface area contributed by atoms with Gasteiger partial charge in [-0.1, -0.05) is 53.1 Å². The zero-order valence-corrected chi connectivity index (χ0v) is 12.5. The number of rotatable bonds is 3. The molecule has 0 fully saturated rings. The van der Waals surface area contributed by atoms with Crippen LogP contribution in [0.3, 0.4) is 0 Å². The highest BCUT2D eigenvalue weighted by molar-refractivity contribution is 6.31. The van der Waals surface area contributed by atoms with E-state index in [4.69, 9.17) is 17.3 Å². The quantitative estimate of drug-likeness (QED) is 0.875. The molecule has 1 nitrogen and oxygen atoms in total. The first-order valence-corrected chi connectivity index (χ1v) is 6.92. The molecule has 19 heavy (non-hydrogen) atoms. The Labute approximate surface area is 120 Å². The van der Waals surface area contributed by atoms with Crippen LogP contribution < -0.4 is 5.73 Å². The summed E-state index contributed by atoms with van der Waals surface area (Å²) in [7, 11) is 0. The molecule has 0 aliphatic heterocycles. The van der Waals surface area contributed by atoms with Gasteiger partial charge in [-0.05, 0) is 49.9 Å². The van der Waals surface area contributed by atoms with Gasteiger partial charge in [-0.2, -0.15) is 0 Å². The Bertz CT molecular complexity index is 570. The van der Waals surface area contributed by atoms with Crippen LogP contribution in [0.2, 0.25) is 5.02 Å². The van der Waals surface area contributed by atoms with Gasteiger partial charge in [0.1, 0.15) is 0 Å². The van der Waals surface area contributed by atoms with Crippen LogP contribution in [-0.2, 0) is 6.42 Å². The van der Waals surface area contributed by atoms with Gasteiger partial charge in [0.2, 0.25) is 0 Å². The third kappa shape index (κ3) is 3.59. The summed E-state index contributed by atoms with van der Waals surface area (Å²) < 4.78 is 0. The fourth-order valence-electron chi connectivity index (χ4n) is 2.46. The summed E-state index contributed by atoms with van der Waals surface area (Å²) >= 11 is 6.05. The fourth-order valence-corrected chi connectivity index (χ4v) is 2.57. The zero-order chi connectivity index (χ0) is 14.0. The Morgan fingerprint density at radius 1 is 1.00 bits per heavy atom. The molecule has 0 bridgehead atoms. The lowest BCUT2D eigenvalue weighted by atomic mass is 9.96. The van der Waals surface area contributed by atoms with E-state index in [1.54, 1.807) is 0 Å². The maximum Gasteiger partial charge on any atom is 0.0435 e. The summed E-state index contributed by atoms with van der Waals surface area (Å²) in [6.45, 7) is 6.25. The summed E-state index contributed by atoms with van der Waals surface area (Å²) in [5.41, 5.74) is 12.4. The summed E-state index contributed by atoms with van der Waals surface area (Å²) in [4.78, 5) is 0. The van der Waals surface area contributed by atoms with Gasteiger partial charge in [0, 0.05) is 11.1 Å². The molecule has 2 aromatic rings. The van der Waals surface area contributed by atoms with Gasteiger partial charge in [-0.15, -0.1) is 0 Å². The van der Waals surface area contributed by atoms with Crippen molar-refractivity contribution in [2.24, 2.45) is 5.73 Å². The summed E-state index contributed by atoms with van der Waals surface area (Å²) in [6.07, 6.45) is 0.851. The van der Waals surface area contributed by atoms with Crippen molar-refractivity contribution in [3.63, 3.8) is 0 Å². The highest BCUT2D eigenvalue weighted by Crippen LogP contribution is 2.22. The molecule has 0 spiro atoms. The molecule has 0 aliphatic rings.